The molecule has 0 saturated heterocycles. The standard InChI is InChI=1S/C15H20N4/c1-3-4-10-19(2)15-9-8-14(17-18-15)12-6-5-7-13(16)11-12/h5-9,11H,3-4,10,16H2,1-2H3. The van der Waals surface area contributed by atoms with Gasteiger partial charge in [-0.1, -0.05) is 25.5 Å². The molecule has 19 heavy (non-hydrogen) atoms. The molecule has 0 aliphatic heterocycles. The molecule has 0 radical (unpaired) electrons. The Bertz CT molecular complexity index is 522. The van der Waals surface area contributed by atoms with Crippen molar-refractivity contribution in [2.45, 2.75) is 19.8 Å². The minimum atomic E-state index is 0.739. The highest BCUT2D eigenvalue weighted by Crippen LogP contribution is 2.20. The van der Waals surface area contributed by atoms with Gasteiger partial charge in [-0.2, -0.15) is 0 Å². The van der Waals surface area contributed by atoms with Crippen LogP contribution in [-0.4, -0.2) is 23.8 Å². The minimum absolute atomic E-state index is 0.739. The van der Waals surface area contributed by atoms with Crippen LogP contribution in [0.4, 0.5) is 11.5 Å². The summed E-state index contributed by atoms with van der Waals surface area (Å²) in [5, 5.41) is 8.54. The van der Waals surface area contributed by atoms with E-state index in [0.717, 1.165) is 35.7 Å². The maximum Gasteiger partial charge on any atom is 0.151 e. The summed E-state index contributed by atoms with van der Waals surface area (Å²) in [5.41, 5.74) is 8.35. The Morgan fingerprint density at radius 3 is 2.63 bits per heavy atom. The summed E-state index contributed by atoms with van der Waals surface area (Å²) in [4.78, 5) is 2.12. The van der Waals surface area contributed by atoms with Crippen molar-refractivity contribution in [3.63, 3.8) is 0 Å². The SMILES string of the molecule is CCCCN(C)c1ccc(-c2cccc(N)c2)nn1. The fourth-order valence-corrected chi connectivity index (χ4v) is 1.89. The monoisotopic (exact) mass is 256 g/mol. The topological polar surface area (TPSA) is 55.0 Å². The molecule has 0 spiro atoms. The molecule has 2 rings (SSSR count). The fraction of sp³-hybridized carbons (Fsp3) is 0.333. The average Bonchev–Trinajstić information content (AvgIpc) is 2.45. The van der Waals surface area contributed by atoms with Crippen molar-refractivity contribution in [3.8, 4) is 11.3 Å². The summed E-state index contributed by atoms with van der Waals surface area (Å²) in [6.07, 6.45) is 2.34. The van der Waals surface area contributed by atoms with Crippen LogP contribution in [0.25, 0.3) is 11.3 Å². The summed E-state index contributed by atoms with van der Waals surface area (Å²) >= 11 is 0. The van der Waals surface area contributed by atoms with E-state index in [-0.39, 0.29) is 0 Å². The third-order valence-electron chi connectivity index (χ3n) is 3.07. The molecule has 0 atom stereocenters. The van der Waals surface area contributed by atoms with Crippen molar-refractivity contribution in [3.05, 3.63) is 36.4 Å². The first-order valence-electron chi connectivity index (χ1n) is 6.61. The Morgan fingerprint density at radius 1 is 1.16 bits per heavy atom. The molecule has 2 N–H and O–H groups in total. The van der Waals surface area contributed by atoms with Crippen LogP contribution in [0.1, 0.15) is 19.8 Å². The van der Waals surface area contributed by atoms with Gasteiger partial charge in [-0.25, -0.2) is 0 Å². The molecule has 4 heteroatoms. The van der Waals surface area contributed by atoms with Crippen molar-refractivity contribution in [1.29, 1.82) is 0 Å². The predicted molar refractivity (Wildman–Crippen MR) is 80.1 cm³/mol. The zero-order valence-corrected chi connectivity index (χ0v) is 11.5. The van der Waals surface area contributed by atoms with Gasteiger partial charge in [-0.05, 0) is 30.7 Å². The van der Waals surface area contributed by atoms with Gasteiger partial charge in [-0.15, -0.1) is 10.2 Å². The van der Waals surface area contributed by atoms with Gasteiger partial charge in [0.05, 0.1) is 5.69 Å². The van der Waals surface area contributed by atoms with Crippen LogP contribution in [0.15, 0.2) is 36.4 Å². The molecule has 100 valence electrons. The molecule has 0 aliphatic rings. The van der Waals surface area contributed by atoms with Gasteiger partial charge < -0.3 is 10.6 Å². The Balaban J connectivity index is 2.14. The molecule has 1 heterocycles. The lowest BCUT2D eigenvalue weighted by Crippen LogP contribution is -2.19. The smallest absolute Gasteiger partial charge is 0.151 e. The number of nitrogens with two attached hydrogens (primary N) is 1. The number of unbranched alkanes of at least 4 members (excludes halogenated alkanes) is 1. The Hall–Kier alpha value is -2.10. The van der Waals surface area contributed by atoms with E-state index < -0.39 is 0 Å². The van der Waals surface area contributed by atoms with E-state index in [0.29, 0.717) is 0 Å². The molecule has 0 bridgehead atoms. The quantitative estimate of drug-likeness (QED) is 0.836. The molecule has 0 aliphatic carbocycles. The highest BCUT2D eigenvalue weighted by Gasteiger charge is 2.04. The van der Waals surface area contributed by atoms with Crippen molar-refractivity contribution in [1.82, 2.24) is 10.2 Å². The molecule has 0 unspecified atom stereocenters. The number of aromatic nitrogens is 2. The number of nitrogen functional groups attached to an aromatic ring is 1. The van der Waals surface area contributed by atoms with Crippen molar-refractivity contribution >= 4 is 11.5 Å². The zero-order chi connectivity index (χ0) is 13.7. The number of hydrogen-bond acceptors (Lipinski definition) is 4. The van der Waals surface area contributed by atoms with Crippen LogP contribution in [0.5, 0.6) is 0 Å². The Morgan fingerprint density at radius 2 is 2.00 bits per heavy atom. The Labute approximate surface area is 114 Å². The number of benzene rings is 1. The van der Waals surface area contributed by atoms with Gasteiger partial charge >= 0.3 is 0 Å². The van der Waals surface area contributed by atoms with E-state index in [4.69, 9.17) is 5.73 Å². The molecule has 0 amide bonds. The lowest BCUT2D eigenvalue weighted by Gasteiger charge is -2.16. The molecular weight excluding hydrogens is 236 g/mol. The lowest BCUT2D eigenvalue weighted by molar-refractivity contribution is 0.753. The van der Waals surface area contributed by atoms with E-state index in [1.54, 1.807) is 0 Å². The van der Waals surface area contributed by atoms with Gasteiger partial charge in [0.25, 0.3) is 0 Å². The van der Waals surface area contributed by atoms with E-state index in [9.17, 15) is 0 Å². The molecule has 0 saturated carbocycles. The highest BCUT2D eigenvalue weighted by molar-refractivity contribution is 5.64. The number of rotatable bonds is 5. The predicted octanol–water partition coefficient (Wildman–Crippen LogP) is 2.96. The number of hydrogen-bond donors (Lipinski definition) is 1. The molecule has 0 fully saturated rings. The largest absolute Gasteiger partial charge is 0.399 e. The van der Waals surface area contributed by atoms with Gasteiger partial charge in [0, 0.05) is 24.8 Å². The van der Waals surface area contributed by atoms with Crippen molar-refractivity contribution in [2.75, 3.05) is 24.2 Å². The second kappa shape index (κ2) is 6.18. The summed E-state index contributed by atoms with van der Waals surface area (Å²) in [5.74, 6) is 0.904. The van der Waals surface area contributed by atoms with Crippen LogP contribution >= 0.6 is 0 Å². The summed E-state index contributed by atoms with van der Waals surface area (Å²) in [7, 11) is 2.04. The minimum Gasteiger partial charge on any atom is -0.399 e. The normalized spacial score (nSPS) is 10.4. The average molecular weight is 256 g/mol. The van der Waals surface area contributed by atoms with Gasteiger partial charge in [0.1, 0.15) is 0 Å². The van der Waals surface area contributed by atoms with Crippen LogP contribution in [0, 0.1) is 0 Å². The molecule has 4 nitrogen and oxygen atoms in total. The molecular formula is C15H20N4. The van der Waals surface area contributed by atoms with E-state index in [2.05, 4.69) is 22.0 Å². The van der Waals surface area contributed by atoms with Gasteiger partial charge in [0.15, 0.2) is 5.82 Å². The fourth-order valence-electron chi connectivity index (χ4n) is 1.89. The number of nitrogens with zero attached hydrogens (tertiary/aromatic N) is 3. The van der Waals surface area contributed by atoms with E-state index in [1.807, 2.05) is 43.4 Å². The van der Waals surface area contributed by atoms with Gasteiger partial charge in [-0.3, -0.25) is 0 Å². The molecule has 1 aromatic heterocycles. The number of anilines is 2. The molecule has 2 aromatic rings. The van der Waals surface area contributed by atoms with Gasteiger partial charge in [0.2, 0.25) is 0 Å². The zero-order valence-electron chi connectivity index (χ0n) is 11.5. The summed E-state index contributed by atoms with van der Waals surface area (Å²) in [6.45, 7) is 3.19. The summed E-state index contributed by atoms with van der Waals surface area (Å²) in [6, 6.07) is 11.7. The second-order valence-electron chi connectivity index (χ2n) is 4.68. The van der Waals surface area contributed by atoms with Crippen LogP contribution in [0.2, 0.25) is 0 Å². The maximum atomic E-state index is 5.77. The first kappa shape index (κ1) is 13.3. The highest BCUT2D eigenvalue weighted by atomic mass is 15.2. The van der Waals surface area contributed by atoms with Crippen molar-refractivity contribution < 1.29 is 0 Å². The first-order chi connectivity index (χ1) is 9.20. The van der Waals surface area contributed by atoms with E-state index in [1.165, 1.54) is 6.42 Å². The summed E-state index contributed by atoms with van der Waals surface area (Å²) < 4.78 is 0. The van der Waals surface area contributed by atoms with Crippen molar-refractivity contribution in [2.24, 2.45) is 0 Å². The lowest BCUT2D eigenvalue weighted by atomic mass is 10.1. The van der Waals surface area contributed by atoms with E-state index >= 15 is 0 Å². The van der Waals surface area contributed by atoms with Crippen LogP contribution < -0.4 is 10.6 Å². The van der Waals surface area contributed by atoms with Crippen LogP contribution in [0.3, 0.4) is 0 Å². The maximum absolute atomic E-state index is 5.77. The third kappa shape index (κ3) is 3.44. The Kier molecular flexibility index (Phi) is 4.34. The third-order valence-corrected chi connectivity index (χ3v) is 3.07. The van der Waals surface area contributed by atoms with Crippen LogP contribution in [-0.2, 0) is 0 Å². The first-order valence-corrected chi connectivity index (χ1v) is 6.61. The second-order valence-corrected chi connectivity index (χ2v) is 4.68. The molecule has 1 aromatic carbocycles.